The van der Waals surface area contributed by atoms with Crippen molar-refractivity contribution in [3.63, 3.8) is 0 Å². The number of carbonyl (C=O) groups excluding carboxylic acids is 2. The van der Waals surface area contributed by atoms with Gasteiger partial charge in [-0.3, -0.25) is 9.59 Å². The largest absolute Gasteiger partial charge is 0.462 e. The summed E-state index contributed by atoms with van der Waals surface area (Å²) in [6, 6.07) is 0. The molecule has 0 aromatic rings. The summed E-state index contributed by atoms with van der Waals surface area (Å²) >= 11 is 0. The van der Waals surface area contributed by atoms with Gasteiger partial charge >= 0.3 is 5.97 Å². The Morgan fingerprint density at radius 1 is 0.442 bits per heavy atom. The zero-order valence-corrected chi connectivity index (χ0v) is 29.6. The van der Waals surface area contributed by atoms with Gasteiger partial charge in [-0.1, -0.05) is 206 Å². The SMILES string of the molecule is CCCCCCCCCCCCCCCCCCCCCCCC(=O)OC(C[C]=O)CCCCCCCCCCCCC. The van der Waals surface area contributed by atoms with Crippen LogP contribution in [0.2, 0.25) is 0 Å². The minimum atomic E-state index is -0.265. The molecule has 1 unspecified atom stereocenters. The average molecular weight is 606 g/mol. The van der Waals surface area contributed by atoms with Crippen LogP contribution in [0.5, 0.6) is 0 Å². The van der Waals surface area contributed by atoms with E-state index in [4.69, 9.17) is 4.74 Å². The number of hydrogen-bond donors (Lipinski definition) is 0. The monoisotopic (exact) mass is 606 g/mol. The predicted octanol–water partition coefficient (Wildman–Crippen LogP) is 13.7. The van der Waals surface area contributed by atoms with Gasteiger partial charge < -0.3 is 4.74 Å². The molecule has 3 nitrogen and oxygen atoms in total. The molecule has 0 saturated heterocycles. The van der Waals surface area contributed by atoms with Crippen LogP contribution in [0.25, 0.3) is 0 Å². The second kappa shape index (κ2) is 37.3. The summed E-state index contributed by atoms with van der Waals surface area (Å²) in [6.45, 7) is 4.56. The molecule has 3 heteroatoms. The summed E-state index contributed by atoms with van der Waals surface area (Å²) < 4.78 is 5.63. The van der Waals surface area contributed by atoms with Crippen LogP contribution >= 0.6 is 0 Å². The molecule has 1 atom stereocenters. The first-order valence-corrected chi connectivity index (χ1v) is 19.8. The minimum absolute atomic E-state index is 0.124. The van der Waals surface area contributed by atoms with Gasteiger partial charge in [-0.15, -0.1) is 0 Å². The van der Waals surface area contributed by atoms with E-state index in [2.05, 4.69) is 13.8 Å². The summed E-state index contributed by atoms with van der Waals surface area (Å²) in [5.74, 6) is -0.124. The highest BCUT2D eigenvalue weighted by Crippen LogP contribution is 2.17. The minimum Gasteiger partial charge on any atom is -0.462 e. The maximum atomic E-state index is 12.3. The Kier molecular flexibility index (Phi) is 36.6. The molecule has 43 heavy (non-hydrogen) atoms. The Morgan fingerprint density at radius 2 is 0.721 bits per heavy atom. The number of rotatable bonds is 37. The quantitative estimate of drug-likeness (QED) is 0.0522. The lowest BCUT2D eigenvalue weighted by atomic mass is 10.0. The molecule has 0 bridgehead atoms. The van der Waals surface area contributed by atoms with Gasteiger partial charge in [-0.05, 0) is 19.3 Å². The van der Waals surface area contributed by atoms with E-state index in [0.717, 1.165) is 25.7 Å². The topological polar surface area (TPSA) is 43.4 Å². The van der Waals surface area contributed by atoms with Crippen LogP contribution in [0.4, 0.5) is 0 Å². The molecule has 0 saturated carbocycles. The van der Waals surface area contributed by atoms with Crippen LogP contribution in [0, 0.1) is 0 Å². The van der Waals surface area contributed by atoms with Crippen molar-refractivity contribution in [3.8, 4) is 0 Å². The predicted molar refractivity (Wildman–Crippen MR) is 189 cm³/mol. The van der Waals surface area contributed by atoms with E-state index in [1.54, 1.807) is 0 Å². The zero-order valence-electron chi connectivity index (χ0n) is 29.6. The molecule has 0 spiro atoms. The normalized spacial score (nSPS) is 12.0. The third kappa shape index (κ3) is 35.5. The summed E-state index contributed by atoms with van der Waals surface area (Å²) in [4.78, 5) is 23.2. The van der Waals surface area contributed by atoms with Crippen LogP contribution in [0.3, 0.4) is 0 Å². The molecule has 0 aromatic heterocycles. The smallest absolute Gasteiger partial charge is 0.306 e. The Balaban J connectivity index is 3.43. The lowest BCUT2D eigenvalue weighted by Gasteiger charge is -2.15. The first kappa shape index (κ1) is 42.1. The standard InChI is InChI=1S/C40H77O3/c1-3-5-7-9-11-13-15-16-17-18-19-20-21-22-23-24-26-28-30-32-34-36-40(42)43-39(37-38-41)35-33-31-29-27-25-14-12-10-8-6-4-2/h39H,3-37H2,1-2H3. The van der Waals surface area contributed by atoms with Gasteiger partial charge in [0.25, 0.3) is 0 Å². The van der Waals surface area contributed by atoms with E-state index in [9.17, 15) is 9.59 Å². The molecule has 0 rings (SSSR count). The third-order valence-electron chi connectivity index (χ3n) is 9.22. The van der Waals surface area contributed by atoms with Crippen molar-refractivity contribution in [1.29, 1.82) is 0 Å². The molecule has 0 aliphatic carbocycles. The first-order valence-electron chi connectivity index (χ1n) is 19.8. The molecule has 1 radical (unpaired) electrons. The number of carbonyl (C=O) groups is 1. The highest BCUT2D eigenvalue weighted by Gasteiger charge is 2.14. The van der Waals surface area contributed by atoms with Gasteiger partial charge in [0.15, 0.2) is 0 Å². The highest BCUT2D eigenvalue weighted by molar-refractivity contribution is 5.69. The van der Waals surface area contributed by atoms with Crippen LogP contribution in [0.1, 0.15) is 239 Å². The molecule has 0 aromatic carbocycles. The summed E-state index contributed by atoms with van der Waals surface area (Å²) in [5, 5.41) is 0. The molecule has 0 heterocycles. The fourth-order valence-corrected chi connectivity index (χ4v) is 6.28. The summed E-state index contributed by atoms with van der Waals surface area (Å²) in [5.41, 5.74) is 0. The molecule has 0 aliphatic rings. The van der Waals surface area contributed by atoms with E-state index in [-0.39, 0.29) is 18.5 Å². The Bertz CT molecular complexity index is 546. The van der Waals surface area contributed by atoms with Crippen molar-refractivity contribution in [2.45, 2.75) is 245 Å². The van der Waals surface area contributed by atoms with Gasteiger partial charge in [0, 0.05) is 6.42 Å². The van der Waals surface area contributed by atoms with E-state index in [1.165, 1.54) is 186 Å². The van der Waals surface area contributed by atoms with Gasteiger partial charge in [0.1, 0.15) is 6.10 Å². The average Bonchev–Trinajstić information content (AvgIpc) is 3.00. The molecule has 0 aliphatic heterocycles. The van der Waals surface area contributed by atoms with E-state index in [1.807, 2.05) is 6.29 Å². The van der Waals surface area contributed by atoms with Crippen molar-refractivity contribution in [2.24, 2.45) is 0 Å². The fraction of sp³-hybridized carbons (Fsp3) is 0.950. The molecule has 0 fully saturated rings. The van der Waals surface area contributed by atoms with Crippen molar-refractivity contribution < 1.29 is 14.3 Å². The van der Waals surface area contributed by atoms with Crippen molar-refractivity contribution >= 4 is 12.3 Å². The van der Waals surface area contributed by atoms with Gasteiger partial charge in [0.2, 0.25) is 6.29 Å². The molecule has 0 amide bonds. The number of unbranched alkanes of at least 4 members (excludes halogenated alkanes) is 30. The van der Waals surface area contributed by atoms with Gasteiger partial charge in [-0.25, -0.2) is 0 Å². The van der Waals surface area contributed by atoms with E-state index < -0.39 is 0 Å². The molecule has 0 N–H and O–H groups in total. The summed E-state index contributed by atoms with van der Waals surface area (Å²) in [7, 11) is 0. The first-order chi connectivity index (χ1) is 21.2. The second-order valence-corrected chi connectivity index (χ2v) is 13.6. The van der Waals surface area contributed by atoms with Crippen LogP contribution < -0.4 is 0 Å². The van der Waals surface area contributed by atoms with Crippen LogP contribution in [-0.4, -0.2) is 18.4 Å². The number of hydrogen-bond acceptors (Lipinski definition) is 3. The maximum Gasteiger partial charge on any atom is 0.306 e. The zero-order chi connectivity index (χ0) is 31.3. The van der Waals surface area contributed by atoms with E-state index >= 15 is 0 Å². The van der Waals surface area contributed by atoms with Crippen molar-refractivity contribution in [2.75, 3.05) is 0 Å². The highest BCUT2D eigenvalue weighted by atomic mass is 16.5. The fourth-order valence-electron chi connectivity index (χ4n) is 6.28. The Hall–Kier alpha value is -0.860. The summed E-state index contributed by atoms with van der Waals surface area (Å²) in [6.07, 6.45) is 46.2. The lowest BCUT2D eigenvalue weighted by molar-refractivity contribution is -0.149. The molecular weight excluding hydrogens is 528 g/mol. The van der Waals surface area contributed by atoms with Crippen LogP contribution in [0.15, 0.2) is 0 Å². The van der Waals surface area contributed by atoms with Crippen molar-refractivity contribution in [3.05, 3.63) is 0 Å². The van der Waals surface area contributed by atoms with Crippen LogP contribution in [-0.2, 0) is 14.3 Å². The van der Waals surface area contributed by atoms with Crippen molar-refractivity contribution in [1.82, 2.24) is 0 Å². The van der Waals surface area contributed by atoms with Gasteiger partial charge in [0.05, 0.1) is 6.42 Å². The molecular formula is C40H77O3. The van der Waals surface area contributed by atoms with Gasteiger partial charge in [-0.2, -0.15) is 0 Å². The second-order valence-electron chi connectivity index (χ2n) is 13.6. The Labute approximate surface area is 270 Å². The lowest BCUT2D eigenvalue weighted by Crippen LogP contribution is -2.18. The maximum absolute atomic E-state index is 12.3. The molecule has 255 valence electrons. The number of esters is 1. The third-order valence-corrected chi connectivity index (χ3v) is 9.22. The number of ether oxygens (including phenoxy) is 1. The van der Waals surface area contributed by atoms with E-state index in [0.29, 0.717) is 6.42 Å². The Morgan fingerprint density at radius 3 is 1.02 bits per heavy atom.